The summed E-state index contributed by atoms with van der Waals surface area (Å²) in [6.45, 7) is 9.71. The lowest BCUT2D eigenvalue weighted by molar-refractivity contribution is 0.559. The maximum atomic E-state index is 3.68. The van der Waals surface area contributed by atoms with E-state index in [-0.39, 0.29) is 0 Å². The number of hydrogen-bond acceptors (Lipinski definition) is 2. The van der Waals surface area contributed by atoms with Crippen molar-refractivity contribution in [1.29, 1.82) is 0 Å². The minimum absolute atomic E-state index is 0.725. The van der Waals surface area contributed by atoms with Gasteiger partial charge in [-0.15, -0.1) is 0 Å². The van der Waals surface area contributed by atoms with Crippen LogP contribution in [0.15, 0.2) is 22.7 Å². The molecule has 1 N–H and O–H groups in total. The summed E-state index contributed by atoms with van der Waals surface area (Å²) in [4.78, 5) is 2.33. The van der Waals surface area contributed by atoms with Gasteiger partial charge in [0.05, 0.1) is 5.69 Å². The molecule has 1 aromatic carbocycles. The van der Waals surface area contributed by atoms with Crippen LogP contribution < -0.4 is 10.2 Å². The molecule has 1 atom stereocenters. The van der Waals surface area contributed by atoms with Crippen molar-refractivity contribution >= 4 is 21.6 Å². The van der Waals surface area contributed by atoms with Gasteiger partial charge in [-0.2, -0.15) is 0 Å². The van der Waals surface area contributed by atoms with E-state index in [9.17, 15) is 0 Å². The van der Waals surface area contributed by atoms with Gasteiger partial charge in [-0.3, -0.25) is 0 Å². The normalized spacial score (nSPS) is 12.5. The monoisotopic (exact) mass is 312 g/mol. The lowest BCUT2D eigenvalue weighted by Crippen LogP contribution is -2.24. The predicted octanol–water partition coefficient (Wildman–Crippen LogP) is 4.04. The van der Waals surface area contributed by atoms with Crippen molar-refractivity contribution < 1.29 is 0 Å². The molecule has 0 bridgehead atoms. The third-order valence-electron chi connectivity index (χ3n) is 3.28. The Labute approximate surface area is 120 Å². The van der Waals surface area contributed by atoms with Gasteiger partial charge < -0.3 is 10.2 Å². The summed E-state index contributed by atoms with van der Waals surface area (Å²) < 4.78 is 1.18. The summed E-state index contributed by atoms with van der Waals surface area (Å²) >= 11 is 3.68. The van der Waals surface area contributed by atoms with E-state index in [1.807, 2.05) is 0 Å². The van der Waals surface area contributed by atoms with Crippen molar-refractivity contribution in [2.75, 3.05) is 25.0 Å². The third kappa shape index (κ3) is 4.62. The topological polar surface area (TPSA) is 15.3 Å². The fourth-order valence-corrected chi connectivity index (χ4v) is 2.66. The molecule has 0 saturated carbocycles. The maximum Gasteiger partial charge on any atom is 0.0508 e. The first-order chi connectivity index (χ1) is 8.58. The van der Waals surface area contributed by atoms with Crippen LogP contribution in [0.1, 0.15) is 32.8 Å². The van der Waals surface area contributed by atoms with Crippen LogP contribution in [0, 0.1) is 5.92 Å². The Morgan fingerprint density at radius 2 is 2.06 bits per heavy atom. The zero-order chi connectivity index (χ0) is 13.5. The Morgan fingerprint density at radius 1 is 1.33 bits per heavy atom. The van der Waals surface area contributed by atoms with Gasteiger partial charge in [0, 0.05) is 24.6 Å². The number of hydrogen-bond donors (Lipinski definition) is 1. The maximum absolute atomic E-state index is 3.68. The fraction of sp³-hybridized carbons (Fsp3) is 0.600. The smallest absolute Gasteiger partial charge is 0.0508 e. The minimum atomic E-state index is 0.725. The Kier molecular flexibility index (Phi) is 6.72. The molecular formula is C15H25BrN2. The molecule has 18 heavy (non-hydrogen) atoms. The van der Waals surface area contributed by atoms with E-state index in [4.69, 9.17) is 0 Å². The highest BCUT2D eigenvalue weighted by Crippen LogP contribution is 2.27. The van der Waals surface area contributed by atoms with Crippen LogP contribution in [0.25, 0.3) is 0 Å². The SMILES string of the molecule is CCNCc1ccc(N(C)CC(C)CC)c(Br)c1. The number of benzene rings is 1. The van der Waals surface area contributed by atoms with E-state index in [0.29, 0.717) is 0 Å². The van der Waals surface area contributed by atoms with Crippen molar-refractivity contribution in [3.63, 3.8) is 0 Å². The molecule has 0 heterocycles. The molecule has 2 nitrogen and oxygen atoms in total. The standard InChI is InChI=1S/C15H25BrN2/c1-5-12(3)11-18(4)15-8-7-13(9-14(15)16)10-17-6-2/h7-9,12,17H,5-6,10-11H2,1-4H3. The van der Waals surface area contributed by atoms with Crippen LogP contribution >= 0.6 is 15.9 Å². The zero-order valence-electron chi connectivity index (χ0n) is 12.0. The fourth-order valence-electron chi connectivity index (χ4n) is 1.93. The lowest BCUT2D eigenvalue weighted by Gasteiger charge is -2.24. The highest BCUT2D eigenvalue weighted by atomic mass is 79.9. The molecule has 1 aromatic rings. The van der Waals surface area contributed by atoms with Gasteiger partial charge in [0.1, 0.15) is 0 Å². The molecule has 0 aliphatic rings. The van der Waals surface area contributed by atoms with Crippen LogP contribution in [0.2, 0.25) is 0 Å². The van der Waals surface area contributed by atoms with Crippen LogP contribution in [-0.2, 0) is 6.54 Å². The van der Waals surface area contributed by atoms with Crippen LogP contribution in [-0.4, -0.2) is 20.1 Å². The third-order valence-corrected chi connectivity index (χ3v) is 3.92. The first-order valence-corrected chi connectivity index (χ1v) is 7.58. The van der Waals surface area contributed by atoms with Gasteiger partial charge in [0.2, 0.25) is 0 Å². The second kappa shape index (κ2) is 7.80. The molecule has 0 radical (unpaired) electrons. The Morgan fingerprint density at radius 3 is 2.61 bits per heavy atom. The van der Waals surface area contributed by atoms with Gasteiger partial charge in [-0.05, 0) is 46.1 Å². The van der Waals surface area contributed by atoms with Crippen molar-refractivity contribution in [2.24, 2.45) is 5.92 Å². The molecule has 1 unspecified atom stereocenters. The van der Waals surface area contributed by atoms with E-state index >= 15 is 0 Å². The van der Waals surface area contributed by atoms with Crippen molar-refractivity contribution in [3.05, 3.63) is 28.2 Å². The van der Waals surface area contributed by atoms with Gasteiger partial charge >= 0.3 is 0 Å². The Hall–Kier alpha value is -0.540. The molecule has 0 amide bonds. The molecule has 0 saturated heterocycles. The van der Waals surface area contributed by atoms with Crippen molar-refractivity contribution in [1.82, 2.24) is 5.32 Å². The summed E-state index contributed by atoms with van der Waals surface area (Å²) in [5.74, 6) is 0.725. The molecule has 0 fully saturated rings. The van der Waals surface area contributed by atoms with Crippen LogP contribution in [0.3, 0.4) is 0 Å². The number of nitrogens with one attached hydrogen (secondary N) is 1. The van der Waals surface area contributed by atoms with Crippen LogP contribution in [0.4, 0.5) is 5.69 Å². The number of halogens is 1. The summed E-state index contributed by atoms with van der Waals surface area (Å²) in [6.07, 6.45) is 1.22. The first kappa shape index (κ1) is 15.5. The molecule has 3 heteroatoms. The molecular weight excluding hydrogens is 288 g/mol. The highest BCUT2D eigenvalue weighted by Gasteiger charge is 2.09. The van der Waals surface area contributed by atoms with Gasteiger partial charge in [-0.25, -0.2) is 0 Å². The molecule has 1 rings (SSSR count). The second-order valence-electron chi connectivity index (χ2n) is 4.96. The first-order valence-electron chi connectivity index (χ1n) is 6.78. The molecule has 102 valence electrons. The highest BCUT2D eigenvalue weighted by molar-refractivity contribution is 9.10. The van der Waals surface area contributed by atoms with Crippen molar-refractivity contribution in [3.8, 4) is 0 Å². The second-order valence-corrected chi connectivity index (χ2v) is 5.81. The summed E-state index contributed by atoms with van der Waals surface area (Å²) in [7, 11) is 2.16. The van der Waals surface area contributed by atoms with E-state index in [1.165, 1.54) is 22.1 Å². The quantitative estimate of drug-likeness (QED) is 0.817. The van der Waals surface area contributed by atoms with E-state index in [2.05, 4.69) is 72.2 Å². The molecule has 0 aliphatic carbocycles. The molecule has 0 aliphatic heterocycles. The molecule has 0 spiro atoms. The van der Waals surface area contributed by atoms with Crippen molar-refractivity contribution in [2.45, 2.75) is 33.7 Å². The summed E-state index contributed by atoms with van der Waals surface area (Å²) in [6, 6.07) is 6.63. The van der Waals surface area contributed by atoms with Gasteiger partial charge in [0.25, 0.3) is 0 Å². The predicted molar refractivity (Wildman–Crippen MR) is 84.2 cm³/mol. The van der Waals surface area contributed by atoms with Gasteiger partial charge in [-0.1, -0.05) is 33.3 Å². The Bertz CT molecular complexity index is 366. The largest absolute Gasteiger partial charge is 0.373 e. The average molecular weight is 313 g/mol. The summed E-state index contributed by atoms with van der Waals surface area (Å²) in [5, 5.41) is 3.35. The summed E-state index contributed by atoms with van der Waals surface area (Å²) in [5.41, 5.74) is 2.60. The van der Waals surface area contributed by atoms with E-state index < -0.39 is 0 Å². The minimum Gasteiger partial charge on any atom is -0.373 e. The number of rotatable bonds is 7. The van der Waals surface area contributed by atoms with Gasteiger partial charge in [0.15, 0.2) is 0 Å². The number of nitrogens with zero attached hydrogens (tertiary/aromatic N) is 1. The lowest BCUT2D eigenvalue weighted by atomic mass is 10.1. The zero-order valence-corrected chi connectivity index (χ0v) is 13.5. The number of anilines is 1. The van der Waals surface area contributed by atoms with E-state index in [1.54, 1.807) is 0 Å². The Balaban J connectivity index is 2.72. The average Bonchev–Trinajstić information content (AvgIpc) is 2.36. The molecule has 0 aromatic heterocycles. The van der Waals surface area contributed by atoms with Crippen LogP contribution in [0.5, 0.6) is 0 Å². The van der Waals surface area contributed by atoms with E-state index in [0.717, 1.165) is 25.6 Å².